The number of phenols is 2. The Hall–Kier alpha value is -2.49. The Balaban J connectivity index is 2.74. The fraction of sp³-hybridized carbons (Fsp3) is 0.350. The highest BCUT2D eigenvalue weighted by Gasteiger charge is 2.43. The van der Waals surface area contributed by atoms with Crippen molar-refractivity contribution in [3.05, 3.63) is 59.7 Å². The second kappa shape index (κ2) is 6.95. The number of hydrogen-bond acceptors (Lipinski definition) is 3. The Kier molecular flexibility index (Phi) is 5.17. The lowest BCUT2D eigenvalue weighted by Gasteiger charge is -2.37. The first kappa shape index (κ1) is 17.9. The van der Waals surface area contributed by atoms with Gasteiger partial charge >= 0.3 is 0 Å². The molecule has 0 heterocycles. The van der Waals surface area contributed by atoms with Gasteiger partial charge in [-0.25, -0.2) is 0 Å². The summed E-state index contributed by atoms with van der Waals surface area (Å²) >= 11 is 0. The molecule has 4 nitrogen and oxygen atoms in total. The molecule has 128 valence electrons. The van der Waals surface area contributed by atoms with Crippen molar-refractivity contribution >= 4 is 5.91 Å². The highest BCUT2D eigenvalue weighted by Crippen LogP contribution is 2.40. The molecule has 0 bridgehead atoms. The highest BCUT2D eigenvalue weighted by molar-refractivity contribution is 5.92. The van der Waals surface area contributed by atoms with Crippen molar-refractivity contribution in [1.82, 2.24) is 4.90 Å². The molecule has 0 unspecified atom stereocenters. The number of carbonyl (C=O) groups excluding carboxylic acids is 1. The lowest BCUT2D eigenvalue weighted by Crippen LogP contribution is -2.45. The maximum Gasteiger partial charge on any atom is 0.237 e. The highest BCUT2D eigenvalue weighted by atomic mass is 16.3. The quantitative estimate of drug-likeness (QED) is 0.883. The Morgan fingerprint density at radius 1 is 0.917 bits per heavy atom. The molecule has 0 aliphatic rings. The van der Waals surface area contributed by atoms with Crippen molar-refractivity contribution in [3.8, 4) is 11.5 Å². The molecule has 2 rings (SSSR count). The van der Waals surface area contributed by atoms with E-state index in [2.05, 4.69) is 13.8 Å². The zero-order valence-corrected chi connectivity index (χ0v) is 14.7. The van der Waals surface area contributed by atoms with Gasteiger partial charge in [0, 0.05) is 14.1 Å². The minimum atomic E-state index is -0.862. The summed E-state index contributed by atoms with van der Waals surface area (Å²) in [7, 11) is 3.50. The number of carbonyl (C=O) groups is 1. The van der Waals surface area contributed by atoms with Crippen LogP contribution < -0.4 is 0 Å². The van der Waals surface area contributed by atoms with Crippen LogP contribution >= 0.6 is 0 Å². The van der Waals surface area contributed by atoms with E-state index in [1.54, 1.807) is 67.5 Å². The van der Waals surface area contributed by atoms with E-state index in [1.165, 1.54) is 0 Å². The van der Waals surface area contributed by atoms with Crippen LogP contribution in [0.5, 0.6) is 11.5 Å². The molecule has 2 N–H and O–H groups in total. The number of hydrogen-bond donors (Lipinski definition) is 2. The first-order valence-electron chi connectivity index (χ1n) is 8.08. The molecular weight excluding hydrogens is 302 g/mol. The van der Waals surface area contributed by atoms with Crippen LogP contribution in [0.15, 0.2) is 48.5 Å². The summed E-state index contributed by atoms with van der Waals surface area (Å²) in [6.07, 6.45) is 0.625. The van der Waals surface area contributed by atoms with Gasteiger partial charge in [0.25, 0.3) is 0 Å². The Morgan fingerprint density at radius 3 is 1.58 bits per heavy atom. The van der Waals surface area contributed by atoms with Crippen LogP contribution in [-0.2, 0) is 10.2 Å². The van der Waals surface area contributed by atoms with Gasteiger partial charge in [-0.15, -0.1) is 0 Å². The maximum absolute atomic E-state index is 13.3. The van der Waals surface area contributed by atoms with E-state index in [0.717, 1.165) is 11.1 Å². The fourth-order valence-corrected chi connectivity index (χ4v) is 3.22. The molecule has 0 saturated carbocycles. The number of rotatable bonds is 5. The molecule has 24 heavy (non-hydrogen) atoms. The predicted octanol–water partition coefficient (Wildman–Crippen LogP) is 3.52. The summed E-state index contributed by atoms with van der Waals surface area (Å²) < 4.78 is 0. The second-order valence-electron chi connectivity index (χ2n) is 6.80. The zero-order chi connectivity index (χ0) is 17.9. The van der Waals surface area contributed by atoms with E-state index < -0.39 is 5.41 Å². The number of amides is 1. The largest absolute Gasteiger partial charge is 0.508 e. The van der Waals surface area contributed by atoms with Gasteiger partial charge in [-0.05, 0) is 47.7 Å². The second-order valence-corrected chi connectivity index (χ2v) is 6.80. The number of phenolic OH excluding ortho intramolecular Hbond substituents is 2. The molecule has 0 aliphatic carbocycles. The van der Waals surface area contributed by atoms with E-state index in [9.17, 15) is 15.0 Å². The minimum Gasteiger partial charge on any atom is -0.508 e. The van der Waals surface area contributed by atoms with Gasteiger partial charge in [-0.3, -0.25) is 4.79 Å². The first-order valence-corrected chi connectivity index (χ1v) is 8.08. The molecule has 1 amide bonds. The smallest absolute Gasteiger partial charge is 0.237 e. The molecule has 0 aromatic heterocycles. The van der Waals surface area contributed by atoms with E-state index in [4.69, 9.17) is 0 Å². The number of likely N-dealkylation sites (N-methyl/N-ethyl adjacent to an activating group) is 1. The van der Waals surface area contributed by atoms with Crippen molar-refractivity contribution in [1.29, 1.82) is 0 Å². The van der Waals surface area contributed by atoms with Crippen LogP contribution in [0.25, 0.3) is 0 Å². The van der Waals surface area contributed by atoms with Crippen LogP contribution in [-0.4, -0.2) is 35.1 Å². The van der Waals surface area contributed by atoms with Crippen molar-refractivity contribution in [2.45, 2.75) is 25.7 Å². The third-order valence-electron chi connectivity index (χ3n) is 4.21. The SMILES string of the molecule is CC(C)CC(C(=O)N(C)C)(c1ccc(O)cc1)c1ccc(O)cc1. The van der Waals surface area contributed by atoms with Crippen LogP contribution in [0.4, 0.5) is 0 Å². The Labute approximate surface area is 143 Å². The molecule has 0 fully saturated rings. The van der Waals surface area contributed by atoms with Crippen molar-refractivity contribution in [3.63, 3.8) is 0 Å². The third kappa shape index (κ3) is 3.37. The molecule has 0 atom stereocenters. The standard InChI is InChI=1S/C20H25NO3/c1-14(2)13-20(19(24)21(3)4,15-5-9-17(22)10-6-15)16-7-11-18(23)12-8-16/h5-12,14,22-23H,13H2,1-4H3. The van der Waals surface area contributed by atoms with Gasteiger partial charge < -0.3 is 15.1 Å². The number of aromatic hydroxyl groups is 2. The zero-order valence-electron chi connectivity index (χ0n) is 14.7. The molecular formula is C20H25NO3. The average molecular weight is 327 g/mol. The molecule has 0 radical (unpaired) electrons. The summed E-state index contributed by atoms with van der Waals surface area (Å²) in [5.41, 5.74) is 0.802. The van der Waals surface area contributed by atoms with Gasteiger partial charge in [-0.2, -0.15) is 0 Å². The van der Waals surface area contributed by atoms with Crippen LogP contribution in [0.2, 0.25) is 0 Å². The van der Waals surface area contributed by atoms with Crippen molar-refractivity contribution in [2.75, 3.05) is 14.1 Å². The van der Waals surface area contributed by atoms with Gasteiger partial charge in [0.2, 0.25) is 5.91 Å². The lowest BCUT2D eigenvalue weighted by molar-refractivity contribution is -0.134. The number of nitrogens with zero attached hydrogens (tertiary/aromatic N) is 1. The number of benzene rings is 2. The fourth-order valence-electron chi connectivity index (χ4n) is 3.22. The molecule has 0 saturated heterocycles. The summed E-state index contributed by atoms with van der Waals surface area (Å²) in [5, 5.41) is 19.3. The Morgan fingerprint density at radius 2 is 1.29 bits per heavy atom. The topological polar surface area (TPSA) is 60.8 Å². The van der Waals surface area contributed by atoms with E-state index in [0.29, 0.717) is 6.42 Å². The predicted molar refractivity (Wildman–Crippen MR) is 95.1 cm³/mol. The van der Waals surface area contributed by atoms with E-state index >= 15 is 0 Å². The van der Waals surface area contributed by atoms with Crippen molar-refractivity contribution < 1.29 is 15.0 Å². The molecule has 0 spiro atoms. The molecule has 0 aliphatic heterocycles. The summed E-state index contributed by atoms with van der Waals surface area (Å²) in [6, 6.07) is 13.6. The minimum absolute atomic E-state index is 0.0208. The molecule has 2 aromatic rings. The van der Waals surface area contributed by atoms with Crippen molar-refractivity contribution in [2.24, 2.45) is 5.92 Å². The summed E-state index contributed by atoms with van der Waals surface area (Å²) in [6.45, 7) is 4.16. The maximum atomic E-state index is 13.3. The normalized spacial score (nSPS) is 11.5. The van der Waals surface area contributed by atoms with Crippen LogP contribution in [0.1, 0.15) is 31.4 Å². The Bertz CT molecular complexity index is 642. The lowest BCUT2D eigenvalue weighted by atomic mass is 9.68. The molecule has 4 heteroatoms. The van der Waals surface area contributed by atoms with E-state index in [1.807, 2.05) is 0 Å². The summed E-state index contributed by atoms with van der Waals surface area (Å²) in [4.78, 5) is 14.9. The van der Waals surface area contributed by atoms with Gasteiger partial charge in [0.1, 0.15) is 11.5 Å². The van der Waals surface area contributed by atoms with Crippen LogP contribution in [0, 0.1) is 5.92 Å². The van der Waals surface area contributed by atoms with Gasteiger partial charge in [0.05, 0.1) is 5.41 Å². The average Bonchev–Trinajstić information content (AvgIpc) is 2.53. The van der Waals surface area contributed by atoms with Crippen LogP contribution in [0.3, 0.4) is 0 Å². The van der Waals surface area contributed by atoms with E-state index in [-0.39, 0.29) is 23.3 Å². The third-order valence-corrected chi connectivity index (χ3v) is 4.21. The molecule has 2 aromatic carbocycles. The summed E-state index contributed by atoms with van der Waals surface area (Å²) in [5.74, 6) is 0.587. The van der Waals surface area contributed by atoms with Gasteiger partial charge in [-0.1, -0.05) is 38.1 Å². The first-order chi connectivity index (χ1) is 11.3. The monoisotopic (exact) mass is 327 g/mol. The van der Waals surface area contributed by atoms with Gasteiger partial charge in [0.15, 0.2) is 0 Å².